The number of ether oxygens (including phenoxy) is 10. The Hall–Kier alpha value is -3.91. The van der Waals surface area contributed by atoms with Crippen molar-refractivity contribution in [2.75, 3.05) is 27.4 Å². The lowest BCUT2D eigenvalue weighted by Gasteiger charge is -2.49. The van der Waals surface area contributed by atoms with Crippen LogP contribution < -0.4 is 0 Å². The van der Waals surface area contributed by atoms with E-state index in [1.165, 1.54) is 14.2 Å². The topological polar surface area (TPSA) is 224 Å². The molecule has 19 heteroatoms. The van der Waals surface area contributed by atoms with Crippen molar-refractivity contribution in [3.8, 4) is 0 Å². The first-order chi connectivity index (χ1) is 22.0. The fraction of sp³-hybridized carbons (Fsp3) is 0.750. The first-order valence-corrected chi connectivity index (χ1v) is 14.3. The second kappa shape index (κ2) is 17.9. The zero-order valence-corrected chi connectivity index (χ0v) is 27.5. The van der Waals surface area contributed by atoms with Crippen LogP contribution >= 0.6 is 0 Å². The van der Waals surface area contributed by atoms with Crippen molar-refractivity contribution in [2.24, 2.45) is 0 Å². The SMILES string of the molecule is CO[C@H]1O[C@H](CN(OC)C2O[C@H](COC(C)=O)[C@@H](OC(C)=O)[C@H](OC(C)=O)[C@H]2OC(C)=O)[C@@H](OC(C)=O)[C@H](OC(C)=O)[C@H]1OC(C)=O. The molecule has 0 saturated carbocycles. The van der Waals surface area contributed by atoms with Gasteiger partial charge in [-0.1, -0.05) is 0 Å². The predicted molar refractivity (Wildman–Crippen MR) is 148 cm³/mol. The van der Waals surface area contributed by atoms with Gasteiger partial charge in [0, 0.05) is 55.6 Å². The monoisotopic (exact) mass is 679 g/mol. The van der Waals surface area contributed by atoms with Crippen molar-refractivity contribution in [2.45, 2.75) is 110 Å². The van der Waals surface area contributed by atoms with E-state index in [4.69, 9.17) is 52.2 Å². The normalized spacial score (nSPS) is 30.3. The van der Waals surface area contributed by atoms with E-state index in [2.05, 4.69) is 0 Å². The van der Waals surface area contributed by atoms with Gasteiger partial charge < -0.3 is 47.4 Å². The number of hydroxylamine groups is 2. The summed E-state index contributed by atoms with van der Waals surface area (Å²) in [6.45, 7) is 6.65. The summed E-state index contributed by atoms with van der Waals surface area (Å²) in [6.07, 6.45) is -14.3. The minimum absolute atomic E-state index is 0.438. The second-order valence-electron chi connectivity index (χ2n) is 10.4. The van der Waals surface area contributed by atoms with Crippen molar-refractivity contribution < 1.29 is 85.8 Å². The van der Waals surface area contributed by atoms with E-state index in [0.29, 0.717) is 0 Å². The fourth-order valence-electron chi connectivity index (χ4n) is 5.09. The third-order valence-corrected chi connectivity index (χ3v) is 6.57. The third kappa shape index (κ3) is 11.4. The van der Waals surface area contributed by atoms with Crippen LogP contribution in [0.2, 0.25) is 0 Å². The first-order valence-electron chi connectivity index (χ1n) is 14.3. The minimum Gasteiger partial charge on any atom is -0.463 e. The highest BCUT2D eigenvalue weighted by atomic mass is 16.7. The summed E-state index contributed by atoms with van der Waals surface area (Å²) >= 11 is 0. The molecule has 0 radical (unpaired) electrons. The Morgan fingerprint density at radius 1 is 0.511 bits per heavy atom. The van der Waals surface area contributed by atoms with Crippen LogP contribution in [0.1, 0.15) is 48.5 Å². The molecule has 2 aliphatic rings. The molecule has 2 saturated heterocycles. The lowest BCUT2D eigenvalue weighted by molar-refractivity contribution is -0.350. The molecule has 2 rings (SSSR count). The van der Waals surface area contributed by atoms with Crippen molar-refractivity contribution in [1.29, 1.82) is 0 Å². The number of hydrogen-bond acceptors (Lipinski definition) is 19. The molecule has 0 aromatic heterocycles. The molecule has 0 aromatic carbocycles. The Labute approximate surface area is 270 Å². The number of esters is 7. The molecule has 19 nitrogen and oxygen atoms in total. The lowest BCUT2D eigenvalue weighted by Crippen LogP contribution is -2.68. The van der Waals surface area contributed by atoms with Gasteiger partial charge in [0.15, 0.2) is 49.1 Å². The molecule has 266 valence electrons. The number of rotatable bonds is 13. The molecule has 0 aromatic rings. The van der Waals surface area contributed by atoms with E-state index in [9.17, 15) is 33.6 Å². The van der Waals surface area contributed by atoms with Crippen molar-refractivity contribution in [1.82, 2.24) is 5.06 Å². The van der Waals surface area contributed by atoms with Crippen molar-refractivity contribution >= 4 is 41.8 Å². The molecular weight excluding hydrogens is 638 g/mol. The Bertz CT molecular complexity index is 1160. The van der Waals surface area contributed by atoms with E-state index in [-0.39, 0.29) is 0 Å². The Balaban J connectivity index is 2.65. The molecule has 10 atom stereocenters. The quantitative estimate of drug-likeness (QED) is 0.131. The maximum atomic E-state index is 12.3. The van der Waals surface area contributed by atoms with Crippen LogP contribution in [0.15, 0.2) is 0 Å². The molecule has 0 spiro atoms. The van der Waals surface area contributed by atoms with E-state index >= 15 is 0 Å². The number of carbonyl (C=O) groups excluding carboxylic acids is 7. The van der Waals surface area contributed by atoms with Crippen LogP contribution in [0.5, 0.6) is 0 Å². The summed E-state index contributed by atoms with van der Waals surface area (Å²) in [6, 6.07) is 0. The molecule has 0 amide bonds. The van der Waals surface area contributed by atoms with Gasteiger partial charge in [-0.3, -0.25) is 38.4 Å². The average Bonchev–Trinajstić information content (AvgIpc) is 2.94. The van der Waals surface area contributed by atoms with E-state index < -0.39 is 116 Å². The van der Waals surface area contributed by atoms with Gasteiger partial charge in [-0.2, -0.15) is 5.06 Å². The van der Waals surface area contributed by atoms with Crippen molar-refractivity contribution in [3.05, 3.63) is 0 Å². The zero-order valence-electron chi connectivity index (χ0n) is 27.5. The summed E-state index contributed by atoms with van der Waals surface area (Å²) < 4.78 is 55.2. The highest BCUT2D eigenvalue weighted by molar-refractivity contribution is 5.69. The summed E-state index contributed by atoms with van der Waals surface area (Å²) in [5, 5.41) is 1.06. The lowest BCUT2D eigenvalue weighted by atomic mass is 9.95. The van der Waals surface area contributed by atoms with Crippen LogP contribution in [-0.2, 0) is 85.8 Å². The van der Waals surface area contributed by atoms with Gasteiger partial charge in [0.25, 0.3) is 0 Å². The minimum atomic E-state index is -1.55. The third-order valence-electron chi connectivity index (χ3n) is 6.57. The fourth-order valence-corrected chi connectivity index (χ4v) is 5.09. The van der Waals surface area contributed by atoms with Crippen LogP contribution in [0.25, 0.3) is 0 Å². The van der Waals surface area contributed by atoms with Crippen molar-refractivity contribution in [3.63, 3.8) is 0 Å². The summed E-state index contributed by atoms with van der Waals surface area (Å²) in [5.41, 5.74) is 0. The van der Waals surface area contributed by atoms with Gasteiger partial charge >= 0.3 is 41.8 Å². The van der Waals surface area contributed by atoms with Gasteiger partial charge in [0.2, 0.25) is 0 Å². The standard InChI is InChI=1S/C28H41NO18/c1-12(30)39-11-20-22(41-14(3)32)23(42-15(4)33)25(44-17(6)35)27(46-20)29(38-9)10-19-21(40-13(2)31)24(43-16(5)34)26(45-18(7)36)28(37-8)47-19/h19-28H,10-11H2,1-9H3/t19-,20-,21-,22-,23+,24+,25-,26-,27?,28+/m1/s1. The Morgan fingerprint density at radius 2 is 0.915 bits per heavy atom. The number of hydrogen-bond donors (Lipinski definition) is 0. The molecule has 2 heterocycles. The van der Waals surface area contributed by atoms with Gasteiger partial charge in [-0.15, -0.1) is 0 Å². The van der Waals surface area contributed by atoms with E-state index in [1.807, 2.05) is 0 Å². The van der Waals surface area contributed by atoms with E-state index in [1.54, 1.807) is 0 Å². The Kier molecular flexibility index (Phi) is 14.9. The van der Waals surface area contributed by atoms with Gasteiger partial charge in [-0.25, -0.2) is 0 Å². The maximum absolute atomic E-state index is 12.3. The smallest absolute Gasteiger partial charge is 0.303 e. The molecule has 47 heavy (non-hydrogen) atoms. The highest BCUT2D eigenvalue weighted by Gasteiger charge is 2.57. The second-order valence-corrected chi connectivity index (χ2v) is 10.4. The summed E-state index contributed by atoms with van der Waals surface area (Å²) in [5.74, 6) is -5.68. The number of methoxy groups -OCH3 is 1. The molecule has 0 aliphatic carbocycles. The average molecular weight is 680 g/mol. The van der Waals surface area contributed by atoms with Crippen LogP contribution in [0, 0.1) is 0 Å². The van der Waals surface area contributed by atoms with Gasteiger partial charge in [0.05, 0.1) is 13.7 Å². The highest BCUT2D eigenvalue weighted by Crippen LogP contribution is 2.34. The van der Waals surface area contributed by atoms with Gasteiger partial charge in [0.1, 0.15) is 18.8 Å². The first kappa shape index (κ1) is 39.3. The van der Waals surface area contributed by atoms with Crippen LogP contribution in [0.4, 0.5) is 0 Å². The largest absolute Gasteiger partial charge is 0.463 e. The van der Waals surface area contributed by atoms with Crippen LogP contribution in [0.3, 0.4) is 0 Å². The molecular formula is C28H41NO18. The zero-order chi connectivity index (χ0) is 35.6. The molecule has 1 unspecified atom stereocenters. The maximum Gasteiger partial charge on any atom is 0.303 e. The molecule has 2 fully saturated rings. The van der Waals surface area contributed by atoms with E-state index in [0.717, 1.165) is 53.5 Å². The summed E-state index contributed by atoms with van der Waals surface area (Å²) in [7, 11) is 2.42. The molecule has 2 aliphatic heterocycles. The Morgan fingerprint density at radius 3 is 1.34 bits per heavy atom. The molecule has 0 bridgehead atoms. The number of carbonyl (C=O) groups is 7. The van der Waals surface area contributed by atoms with Crippen LogP contribution in [-0.4, -0.2) is 136 Å². The predicted octanol–water partition coefficient (Wildman–Crippen LogP) is -0.901. The number of nitrogens with zero attached hydrogens (tertiary/aromatic N) is 1. The molecule has 0 N–H and O–H groups in total. The van der Waals surface area contributed by atoms with Gasteiger partial charge in [-0.05, 0) is 0 Å². The summed E-state index contributed by atoms with van der Waals surface area (Å²) in [4.78, 5) is 90.1.